The summed E-state index contributed by atoms with van der Waals surface area (Å²) in [5.41, 5.74) is 0.961. The van der Waals surface area contributed by atoms with Crippen LogP contribution in [0.5, 0.6) is 11.5 Å². The van der Waals surface area contributed by atoms with E-state index < -0.39 is 5.92 Å². The number of methoxy groups -OCH3 is 2. The van der Waals surface area contributed by atoms with Gasteiger partial charge in [0.15, 0.2) is 17.3 Å². The van der Waals surface area contributed by atoms with Crippen LogP contribution in [0.15, 0.2) is 30.6 Å². The van der Waals surface area contributed by atoms with E-state index in [0.29, 0.717) is 22.6 Å². The average Bonchev–Trinajstić information content (AvgIpc) is 2.94. The summed E-state index contributed by atoms with van der Waals surface area (Å²) >= 11 is 0. The third kappa shape index (κ3) is 2.87. The zero-order chi connectivity index (χ0) is 15.4. The van der Waals surface area contributed by atoms with Gasteiger partial charge in [-0.05, 0) is 17.7 Å². The lowest BCUT2D eigenvalue weighted by Crippen LogP contribution is -2.11. The molecular formula is C15H15N3O3. The Labute approximate surface area is 122 Å². The molecule has 0 N–H and O–H groups in total. The van der Waals surface area contributed by atoms with Crippen LogP contribution in [0, 0.1) is 11.3 Å². The summed E-state index contributed by atoms with van der Waals surface area (Å²) in [4.78, 5) is 12.4. The quantitative estimate of drug-likeness (QED) is 0.784. The van der Waals surface area contributed by atoms with Crippen LogP contribution >= 0.6 is 0 Å². The lowest BCUT2D eigenvalue weighted by atomic mass is 9.93. The molecule has 2 aromatic rings. The van der Waals surface area contributed by atoms with Gasteiger partial charge < -0.3 is 9.47 Å². The van der Waals surface area contributed by atoms with Crippen molar-refractivity contribution < 1.29 is 14.3 Å². The van der Waals surface area contributed by atoms with E-state index in [2.05, 4.69) is 5.10 Å². The largest absolute Gasteiger partial charge is 0.493 e. The number of hydrogen-bond donors (Lipinski definition) is 0. The monoisotopic (exact) mass is 285 g/mol. The van der Waals surface area contributed by atoms with Crippen molar-refractivity contribution in [1.29, 1.82) is 5.26 Å². The maximum absolute atomic E-state index is 12.4. The fourth-order valence-corrected chi connectivity index (χ4v) is 2.03. The number of nitrogens with zero attached hydrogens (tertiary/aromatic N) is 3. The van der Waals surface area contributed by atoms with Gasteiger partial charge in [-0.3, -0.25) is 9.48 Å². The van der Waals surface area contributed by atoms with Crippen molar-refractivity contribution in [1.82, 2.24) is 9.78 Å². The third-order valence-electron chi connectivity index (χ3n) is 3.12. The van der Waals surface area contributed by atoms with Crippen LogP contribution < -0.4 is 9.47 Å². The number of Topliss-reactive ketones (excluding diaryl/α,β-unsaturated/α-hetero) is 1. The van der Waals surface area contributed by atoms with E-state index in [9.17, 15) is 10.1 Å². The number of carbonyl (C=O) groups is 1. The Morgan fingerprint density at radius 3 is 2.57 bits per heavy atom. The van der Waals surface area contributed by atoms with Crippen molar-refractivity contribution in [2.75, 3.05) is 14.2 Å². The maximum Gasteiger partial charge on any atom is 0.187 e. The van der Waals surface area contributed by atoms with E-state index in [-0.39, 0.29) is 5.78 Å². The summed E-state index contributed by atoms with van der Waals surface area (Å²) in [7, 11) is 4.75. The molecule has 6 nitrogen and oxygen atoms in total. The Kier molecular flexibility index (Phi) is 4.24. The summed E-state index contributed by atoms with van der Waals surface area (Å²) < 4.78 is 11.9. The molecule has 0 radical (unpaired) electrons. The summed E-state index contributed by atoms with van der Waals surface area (Å²) in [5.74, 6) is -0.173. The molecular weight excluding hydrogens is 270 g/mol. The van der Waals surface area contributed by atoms with Crippen molar-refractivity contribution in [3.63, 3.8) is 0 Å². The van der Waals surface area contributed by atoms with Crippen molar-refractivity contribution in [3.8, 4) is 17.6 Å². The minimum atomic E-state index is -0.908. The summed E-state index contributed by atoms with van der Waals surface area (Å²) in [6, 6.07) is 7.03. The number of benzene rings is 1. The maximum atomic E-state index is 12.4. The number of rotatable bonds is 5. The minimum absolute atomic E-state index is 0.294. The minimum Gasteiger partial charge on any atom is -0.493 e. The predicted octanol–water partition coefficient (Wildman–Crippen LogP) is 1.93. The molecule has 1 aromatic carbocycles. The number of nitriles is 1. The molecule has 1 unspecified atom stereocenters. The molecule has 1 atom stereocenters. The molecule has 0 fully saturated rings. The van der Waals surface area contributed by atoms with Crippen molar-refractivity contribution >= 4 is 5.78 Å². The van der Waals surface area contributed by atoms with Gasteiger partial charge >= 0.3 is 0 Å². The van der Waals surface area contributed by atoms with Gasteiger partial charge in [0.05, 0.1) is 32.0 Å². The lowest BCUT2D eigenvalue weighted by Gasteiger charge is -2.12. The van der Waals surface area contributed by atoms with Gasteiger partial charge in [-0.2, -0.15) is 10.4 Å². The Hall–Kier alpha value is -2.81. The van der Waals surface area contributed by atoms with E-state index in [0.717, 1.165) is 0 Å². The fourth-order valence-electron chi connectivity index (χ4n) is 2.03. The van der Waals surface area contributed by atoms with Crippen LogP contribution in [0.2, 0.25) is 0 Å². The summed E-state index contributed by atoms with van der Waals surface area (Å²) in [5, 5.41) is 13.3. The van der Waals surface area contributed by atoms with Crippen LogP contribution in [0.3, 0.4) is 0 Å². The topological polar surface area (TPSA) is 77.1 Å². The van der Waals surface area contributed by atoms with Crippen LogP contribution in [-0.2, 0) is 7.05 Å². The van der Waals surface area contributed by atoms with Crippen LogP contribution in [0.4, 0.5) is 0 Å². The molecule has 2 rings (SSSR count). The first-order valence-electron chi connectivity index (χ1n) is 6.25. The van der Waals surface area contributed by atoms with Gasteiger partial charge in [0, 0.05) is 13.2 Å². The molecule has 0 bridgehead atoms. The molecule has 6 heteroatoms. The smallest absolute Gasteiger partial charge is 0.187 e. The summed E-state index contributed by atoms with van der Waals surface area (Å²) in [6.45, 7) is 0. The predicted molar refractivity (Wildman–Crippen MR) is 75.4 cm³/mol. The highest BCUT2D eigenvalue weighted by atomic mass is 16.5. The molecule has 0 spiro atoms. The SMILES string of the molecule is COc1ccc(C(C#N)C(=O)c2cnn(C)c2)cc1OC. The number of ketones is 1. The van der Waals surface area contributed by atoms with Crippen LogP contribution in [-0.4, -0.2) is 29.8 Å². The van der Waals surface area contributed by atoms with E-state index in [4.69, 9.17) is 9.47 Å². The van der Waals surface area contributed by atoms with Gasteiger partial charge in [-0.25, -0.2) is 0 Å². The third-order valence-corrected chi connectivity index (χ3v) is 3.12. The van der Waals surface area contributed by atoms with Gasteiger partial charge in [0.25, 0.3) is 0 Å². The standard InChI is InChI=1S/C15H15N3O3/c1-18-9-11(8-17-18)15(19)12(7-16)10-4-5-13(20-2)14(6-10)21-3/h4-6,8-9,12H,1-3H3. The lowest BCUT2D eigenvalue weighted by molar-refractivity contribution is 0.0978. The normalized spacial score (nSPS) is 11.5. The zero-order valence-corrected chi connectivity index (χ0v) is 12.0. The molecule has 1 heterocycles. The molecule has 0 saturated carbocycles. The average molecular weight is 285 g/mol. The van der Waals surface area contributed by atoms with Crippen LogP contribution in [0.25, 0.3) is 0 Å². The second-order valence-corrected chi connectivity index (χ2v) is 4.44. The number of aromatic nitrogens is 2. The molecule has 108 valence electrons. The van der Waals surface area contributed by atoms with Crippen molar-refractivity contribution in [3.05, 3.63) is 41.7 Å². The van der Waals surface area contributed by atoms with Gasteiger partial charge in [0.2, 0.25) is 0 Å². The van der Waals surface area contributed by atoms with Crippen molar-refractivity contribution in [2.24, 2.45) is 7.05 Å². The molecule has 0 aliphatic heterocycles. The van der Waals surface area contributed by atoms with Gasteiger partial charge in [-0.1, -0.05) is 6.07 Å². The van der Waals surface area contributed by atoms with Gasteiger partial charge in [-0.15, -0.1) is 0 Å². The van der Waals surface area contributed by atoms with E-state index in [1.54, 1.807) is 31.4 Å². The first kappa shape index (κ1) is 14.6. The fraction of sp³-hybridized carbons (Fsp3) is 0.267. The highest BCUT2D eigenvalue weighted by molar-refractivity contribution is 6.02. The molecule has 0 aliphatic carbocycles. The number of aryl methyl sites for hydroxylation is 1. The Morgan fingerprint density at radius 1 is 1.33 bits per heavy atom. The number of hydrogen-bond acceptors (Lipinski definition) is 5. The molecule has 0 amide bonds. The first-order chi connectivity index (χ1) is 10.1. The van der Waals surface area contributed by atoms with Gasteiger partial charge in [0.1, 0.15) is 5.92 Å². The Balaban J connectivity index is 2.38. The van der Waals surface area contributed by atoms with E-state index in [1.165, 1.54) is 25.1 Å². The number of ether oxygens (including phenoxy) is 2. The number of carbonyl (C=O) groups excluding carboxylic acids is 1. The highest BCUT2D eigenvalue weighted by Crippen LogP contribution is 2.31. The molecule has 1 aromatic heterocycles. The first-order valence-corrected chi connectivity index (χ1v) is 6.25. The molecule has 21 heavy (non-hydrogen) atoms. The second-order valence-electron chi connectivity index (χ2n) is 4.44. The molecule has 0 saturated heterocycles. The summed E-state index contributed by atoms with van der Waals surface area (Å²) in [6.07, 6.45) is 3.04. The Morgan fingerprint density at radius 2 is 2.05 bits per heavy atom. The van der Waals surface area contributed by atoms with Crippen LogP contribution in [0.1, 0.15) is 21.8 Å². The zero-order valence-electron chi connectivity index (χ0n) is 12.0. The second kappa shape index (κ2) is 6.09. The Bertz CT molecular complexity index is 700. The van der Waals surface area contributed by atoms with Crippen molar-refractivity contribution in [2.45, 2.75) is 5.92 Å². The van der Waals surface area contributed by atoms with E-state index >= 15 is 0 Å². The van der Waals surface area contributed by atoms with E-state index in [1.807, 2.05) is 6.07 Å². The highest BCUT2D eigenvalue weighted by Gasteiger charge is 2.24. The molecule has 0 aliphatic rings.